The fraction of sp³-hybridized carbons (Fsp3) is 0.227. The fourth-order valence-corrected chi connectivity index (χ4v) is 2.53. The molecular formula is C22H24N4O2. The molecule has 3 aromatic rings. The molecule has 0 atom stereocenters. The standard InChI is InChI=1S/C22H24N4O2/c1-15-23-19(21(27)26-22(2,3)4)14-20(24-15)25-16-10-12-18(13-11-16)28-17-8-6-5-7-9-17/h5-14H,1-4H3,(H,26,27)(H,23,24,25). The summed E-state index contributed by atoms with van der Waals surface area (Å²) in [4.78, 5) is 21.0. The number of carbonyl (C=O) groups excluding carboxylic acids is 1. The van der Waals surface area contributed by atoms with E-state index in [1.165, 1.54) is 0 Å². The summed E-state index contributed by atoms with van der Waals surface area (Å²) < 4.78 is 5.79. The Morgan fingerprint density at radius 2 is 1.57 bits per heavy atom. The van der Waals surface area contributed by atoms with Crippen LogP contribution >= 0.6 is 0 Å². The van der Waals surface area contributed by atoms with Gasteiger partial charge < -0.3 is 15.4 Å². The summed E-state index contributed by atoms with van der Waals surface area (Å²) in [5.41, 5.74) is 0.827. The molecule has 144 valence electrons. The van der Waals surface area contributed by atoms with Gasteiger partial charge in [-0.25, -0.2) is 9.97 Å². The third-order valence-electron chi connectivity index (χ3n) is 3.66. The molecule has 0 radical (unpaired) electrons. The molecule has 1 aromatic heterocycles. The van der Waals surface area contributed by atoms with Gasteiger partial charge in [-0.3, -0.25) is 4.79 Å². The lowest BCUT2D eigenvalue weighted by atomic mass is 10.1. The highest BCUT2D eigenvalue weighted by atomic mass is 16.5. The van der Waals surface area contributed by atoms with Gasteiger partial charge in [0.25, 0.3) is 5.91 Å². The van der Waals surface area contributed by atoms with Gasteiger partial charge in [-0.2, -0.15) is 0 Å². The van der Waals surface area contributed by atoms with Gasteiger partial charge in [0.1, 0.15) is 28.8 Å². The van der Waals surface area contributed by atoms with Crippen molar-refractivity contribution in [1.82, 2.24) is 15.3 Å². The smallest absolute Gasteiger partial charge is 0.270 e. The van der Waals surface area contributed by atoms with Gasteiger partial charge in [-0.05, 0) is 64.1 Å². The highest BCUT2D eigenvalue weighted by Gasteiger charge is 2.17. The monoisotopic (exact) mass is 376 g/mol. The first-order chi connectivity index (χ1) is 13.3. The quantitative estimate of drug-likeness (QED) is 0.666. The Labute approximate surface area is 165 Å². The van der Waals surface area contributed by atoms with E-state index in [9.17, 15) is 4.79 Å². The first-order valence-electron chi connectivity index (χ1n) is 9.07. The van der Waals surface area contributed by atoms with Gasteiger partial charge in [0.05, 0.1) is 0 Å². The molecule has 0 aliphatic rings. The van der Waals surface area contributed by atoms with Gasteiger partial charge in [0, 0.05) is 17.3 Å². The molecule has 0 bridgehead atoms. The van der Waals surface area contributed by atoms with Crippen molar-refractivity contribution < 1.29 is 9.53 Å². The van der Waals surface area contributed by atoms with Crippen molar-refractivity contribution in [3.05, 3.63) is 72.2 Å². The van der Waals surface area contributed by atoms with Crippen LogP contribution in [0.25, 0.3) is 0 Å². The zero-order valence-electron chi connectivity index (χ0n) is 16.5. The molecule has 0 spiro atoms. The molecule has 1 heterocycles. The number of hydrogen-bond acceptors (Lipinski definition) is 5. The number of aromatic nitrogens is 2. The first kappa shape index (κ1) is 19.4. The molecule has 0 saturated carbocycles. The average Bonchev–Trinajstić information content (AvgIpc) is 2.62. The number of carbonyl (C=O) groups is 1. The van der Waals surface area contributed by atoms with E-state index in [1.807, 2.05) is 75.4 Å². The molecule has 6 nitrogen and oxygen atoms in total. The van der Waals surface area contributed by atoms with Crippen LogP contribution in [-0.2, 0) is 0 Å². The van der Waals surface area contributed by atoms with Crippen LogP contribution in [0.2, 0.25) is 0 Å². The molecule has 2 N–H and O–H groups in total. The number of amides is 1. The molecule has 0 aliphatic heterocycles. The lowest BCUT2D eigenvalue weighted by molar-refractivity contribution is 0.0914. The number of ether oxygens (including phenoxy) is 1. The Balaban J connectivity index is 1.72. The largest absolute Gasteiger partial charge is 0.457 e. The van der Waals surface area contributed by atoms with E-state index in [0.717, 1.165) is 17.2 Å². The summed E-state index contributed by atoms with van der Waals surface area (Å²) in [6.07, 6.45) is 0. The van der Waals surface area contributed by atoms with Crippen LogP contribution in [0.15, 0.2) is 60.7 Å². The minimum absolute atomic E-state index is 0.229. The van der Waals surface area contributed by atoms with Crippen molar-refractivity contribution >= 4 is 17.4 Å². The van der Waals surface area contributed by atoms with E-state index in [0.29, 0.717) is 17.3 Å². The fourth-order valence-electron chi connectivity index (χ4n) is 2.53. The van der Waals surface area contributed by atoms with Gasteiger partial charge in [-0.1, -0.05) is 18.2 Å². The molecule has 28 heavy (non-hydrogen) atoms. The molecule has 2 aromatic carbocycles. The summed E-state index contributed by atoms with van der Waals surface area (Å²) in [5, 5.41) is 6.12. The van der Waals surface area contributed by atoms with Gasteiger partial charge in [-0.15, -0.1) is 0 Å². The van der Waals surface area contributed by atoms with Gasteiger partial charge in [0.2, 0.25) is 0 Å². The first-order valence-corrected chi connectivity index (χ1v) is 9.07. The third kappa shape index (κ3) is 5.54. The number of aryl methyl sites for hydroxylation is 1. The Hall–Kier alpha value is -3.41. The number of para-hydroxylation sites is 1. The van der Waals surface area contributed by atoms with Crippen molar-refractivity contribution in [2.75, 3.05) is 5.32 Å². The van der Waals surface area contributed by atoms with Crippen molar-refractivity contribution in [2.24, 2.45) is 0 Å². The maximum Gasteiger partial charge on any atom is 0.270 e. The van der Waals surface area contributed by atoms with Crippen LogP contribution in [0.1, 0.15) is 37.1 Å². The third-order valence-corrected chi connectivity index (χ3v) is 3.66. The van der Waals surface area contributed by atoms with E-state index in [1.54, 1.807) is 13.0 Å². The van der Waals surface area contributed by atoms with Crippen LogP contribution in [-0.4, -0.2) is 21.4 Å². The summed E-state index contributed by atoms with van der Waals surface area (Å²) in [6.45, 7) is 7.54. The summed E-state index contributed by atoms with van der Waals surface area (Å²) in [5.74, 6) is 2.37. The van der Waals surface area contributed by atoms with Crippen molar-refractivity contribution in [1.29, 1.82) is 0 Å². The normalized spacial score (nSPS) is 11.0. The zero-order chi connectivity index (χ0) is 20.1. The van der Waals surface area contributed by atoms with Crippen molar-refractivity contribution in [2.45, 2.75) is 33.2 Å². The van der Waals surface area contributed by atoms with Crippen molar-refractivity contribution in [3.8, 4) is 11.5 Å². The van der Waals surface area contributed by atoms with Crippen LogP contribution in [0.3, 0.4) is 0 Å². The summed E-state index contributed by atoms with van der Waals surface area (Å²) >= 11 is 0. The Morgan fingerprint density at radius 1 is 0.929 bits per heavy atom. The second-order valence-electron chi connectivity index (χ2n) is 7.45. The summed E-state index contributed by atoms with van der Waals surface area (Å²) in [6, 6.07) is 18.8. The zero-order valence-corrected chi connectivity index (χ0v) is 16.5. The SMILES string of the molecule is Cc1nc(Nc2ccc(Oc3ccccc3)cc2)cc(C(=O)NC(C)(C)C)n1. The van der Waals surface area contributed by atoms with Crippen LogP contribution in [0, 0.1) is 6.92 Å². The van der Waals surface area contributed by atoms with E-state index < -0.39 is 0 Å². The van der Waals surface area contributed by atoms with Gasteiger partial charge >= 0.3 is 0 Å². The van der Waals surface area contributed by atoms with Gasteiger partial charge in [0.15, 0.2) is 0 Å². The van der Waals surface area contributed by atoms with E-state index >= 15 is 0 Å². The second kappa shape index (κ2) is 8.08. The number of benzene rings is 2. The van der Waals surface area contributed by atoms with Crippen LogP contribution in [0.5, 0.6) is 11.5 Å². The maximum absolute atomic E-state index is 12.4. The van der Waals surface area contributed by atoms with E-state index in [2.05, 4.69) is 20.6 Å². The molecule has 1 amide bonds. The second-order valence-corrected chi connectivity index (χ2v) is 7.45. The lowest BCUT2D eigenvalue weighted by Crippen LogP contribution is -2.41. The molecule has 0 saturated heterocycles. The Morgan fingerprint density at radius 3 is 2.21 bits per heavy atom. The van der Waals surface area contributed by atoms with E-state index in [4.69, 9.17) is 4.74 Å². The van der Waals surface area contributed by atoms with Crippen LogP contribution < -0.4 is 15.4 Å². The highest BCUT2D eigenvalue weighted by molar-refractivity contribution is 5.93. The average molecular weight is 376 g/mol. The topological polar surface area (TPSA) is 76.1 Å². The predicted octanol–water partition coefficient (Wildman–Crippen LogP) is 4.85. The predicted molar refractivity (Wildman–Crippen MR) is 110 cm³/mol. The number of nitrogens with zero attached hydrogens (tertiary/aromatic N) is 2. The minimum atomic E-state index is -0.335. The maximum atomic E-state index is 12.4. The highest BCUT2D eigenvalue weighted by Crippen LogP contribution is 2.24. The molecule has 0 unspecified atom stereocenters. The Bertz CT molecular complexity index is 949. The molecule has 0 fully saturated rings. The molecule has 3 rings (SSSR count). The number of rotatable bonds is 5. The minimum Gasteiger partial charge on any atom is -0.457 e. The van der Waals surface area contributed by atoms with Crippen LogP contribution in [0.4, 0.5) is 11.5 Å². The van der Waals surface area contributed by atoms with Crippen molar-refractivity contribution in [3.63, 3.8) is 0 Å². The molecule has 0 aliphatic carbocycles. The summed E-state index contributed by atoms with van der Waals surface area (Å²) in [7, 11) is 0. The lowest BCUT2D eigenvalue weighted by Gasteiger charge is -2.20. The van der Waals surface area contributed by atoms with E-state index in [-0.39, 0.29) is 11.4 Å². The molecular weight excluding hydrogens is 352 g/mol. The molecule has 6 heteroatoms. The Kier molecular flexibility index (Phi) is 5.59. The number of nitrogens with one attached hydrogen (secondary N) is 2. The number of anilines is 2. The number of hydrogen-bond donors (Lipinski definition) is 2.